The van der Waals surface area contributed by atoms with Gasteiger partial charge in [0, 0.05) is 31.4 Å². The monoisotopic (exact) mass is 457 g/mol. The first-order valence-electron chi connectivity index (χ1n) is 9.79. The molecule has 3 atom stereocenters. The van der Waals surface area contributed by atoms with Gasteiger partial charge in [0.05, 0.1) is 12.2 Å². The van der Waals surface area contributed by atoms with Gasteiger partial charge in [0.2, 0.25) is 5.91 Å². The van der Waals surface area contributed by atoms with Gasteiger partial charge in [-0.3, -0.25) is 19.4 Å². The molecule has 0 radical (unpaired) electrons. The number of likely N-dealkylation sites (N-methyl/N-ethyl adjacent to an activating group) is 2. The van der Waals surface area contributed by atoms with Crippen LogP contribution >= 0.6 is 24.0 Å². The number of benzene rings is 1. The fraction of sp³-hybridized carbons (Fsp3) is 0.318. The van der Waals surface area contributed by atoms with Gasteiger partial charge in [0.25, 0.3) is 5.91 Å². The molecule has 31 heavy (non-hydrogen) atoms. The average Bonchev–Trinajstić information content (AvgIpc) is 3.45. The van der Waals surface area contributed by atoms with E-state index in [0.29, 0.717) is 27.9 Å². The molecule has 9 heteroatoms. The molecule has 0 saturated carbocycles. The Bertz CT molecular complexity index is 1140. The maximum Gasteiger partial charge on any atom is 0.254 e. The predicted octanol–water partition coefficient (Wildman–Crippen LogP) is 3.10. The van der Waals surface area contributed by atoms with E-state index in [1.165, 1.54) is 33.7 Å². The zero-order chi connectivity index (χ0) is 22.1. The van der Waals surface area contributed by atoms with Gasteiger partial charge < -0.3 is 9.32 Å². The number of furan rings is 1. The molecule has 3 aliphatic heterocycles. The summed E-state index contributed by atoms with van der Waals surface area (Å²) in [5.41, 5.74) is -0.377. The third-order valence-electron chi connectivity index (χ3n) is 6.61. The molecule has 2 amide bonds. The highest BCUT2D eigenvalue weighted by molar-refractivity contribution is 8.25. The summed E-state index contributed by atoms with van der Waals surface area (Å²) in [7, 11) is 3.45. The largest absolute Gasteiger partial charge is 0.469 e. The van der Waals surface area contributed by atoms with Crippen molar-refractivity contribution in [2.75, 3.05) is 32.1 Å². The minimum absolute atomic E-state index is 0.233. The minimum atomic E-state index is -1.43. The number of thiocarbonyl (C=S) groups is 1. The summed E-state index contributed by atoms with van der Waals surface area (Å²) in [6, 6.07) is 7.84. The maximum absolute atomic E-state index is 14.5. The van der Waals surface area contributed by atoms with Gasteiger partial charge in [-0.1, -0.05) is 30.1 Å². The minimum Gasteiger partial charge on any atom is -0.469 e. The van der Waals surface area contributed by atoms with Crippen molar-refractivity contribution in [3.05, 3.63) is 66.4 Å². The first-order valence-corrected chi connectivity index (χ1v) is 11.0. The molecule has 2 aromatic rings. The lowest BCUT2D eigenvalue weighted by atomic mass is 9.73. The van der Waals surface area contributed by atoms with E-state index in [1.807, 2.05) is 11.0 Å². The van der Waals surface area contributed by atoms with Crippen molar-refractivity contribution < 1.29 is 18.4 Å². The van der Waals surface area contributed by atoms with Crippen LogP contribution in [0.4, 0.5) is 10.1 Å². The fourth-order valence-corrected chi connectivity index (χ4v) is 7.52. The van der Waals surface area contributed by atoms with E-state index in [2.05, 4.69) is 6.58 Å². The van der Waals surface area contributed by atoms with Crippen LogP contribution in [0.15, 0.2) is 53.7 Å². The molecular weight excluding hydrogens is 437 g/mol. The van der Waals surface area contributed by atoms with Crippen LogP contribution in [0.25, 0.3) is 0 Å². The molecular formula is C22H20FN3O3S2. The molecule has 1 aromatic heterocycles. The number of fused-ring (bicyclic) bond motifs is 3. The molecule has 5 rings (SSSR count). The quantitative estimate of drug-likeness (QED) is 0.522. The van der Waals surface area contributed by atoms with E-state index in [-0.39, 0.29) is 18.4 Å². The van der Waals surface area contributed by atoms with Crippen LogP contribution in [-0.4, -0.2) is 57.9 Å². The molecule has 0 bridgehead atoms. The van der Waals surface area contributed by atoms with Crippen molar-refractivity contribution in [3.63, 3.8) is 0 Å². The number of nitrogens with zero attached hydrogens (tertiary/aromatic N) is 3. The number of halogens is 1. The molecule has 0 N–H and O–H groups in total. The molecule has 0 aliphatic carbocycles. The van der Waals surface area contributed by atoms with Gasteiger partial charge >= 0.3 is 0 Å². The van der Waals surface area contributed by atoms with Crippen LogP contribution < -0.4 is 4.90 Å². The van der Waals surface area contributed by atoms with Crippen molar-refractivity contribution in [1.82, 2.24) is 9.80 Å². The number of rotatable bonds is 3. The summed E-state index contributed by atoms with van der Waals surface area (Å²) in [5.74, 6) is -0.912. The van der Waals surface area contributed by atoms with Crippen molar-refractivity contribution in [1.29, 1.82) is 0 Å². The normalized spacial score (nSPS) is 30.3. The SMILES string of the molecule is C=CCN1C(=O)[C@@]2(SC1=S)[C@H](c1ccco1)CN(C)[C@]21C(=O)N(C)c2ccc(F)cc21. The summed E-state index contributed by atoms with van der Waals surface area (Å²) in [6.45, 7) is 4.34. The molecule has 2 fully saturated rings. The number of amides is 2. The Balaban J connectivity index is 1.85. The van der Waals surface area contributed by atoms with Crippen LogP contribution in [0, 0.1) is 5.82 Å². The molecule has 0 unspecified atom stereocenters. The molecule has 2 saturated heterocycles. The number of hydrogen-bond acceptors (Lipinski definition) is 6. The lowest BCUT2D eigenvalue weighted by Crippen LogP contribution is -2.62. The molecule has 2 spiro atoms. The van der Waals surface area contributed by atoms with Gasteiger partial charge in [-0.2, -0.15) is 0 Å². The fourth-order valence-electron chi connectivity index (χ4n) is 5.40. The molecule has 1 aromatic carbocycles. The van der Waals surface area contributed by atoms with Crippen LogP contribution in [0.5, 0.6) is 0 Å². The Morgan fingerprint density at radius 2 is 2.10 bits per heavy atom. The number of likely N-dealkylation sites (tertiary alicyclic amines) is 1. The second-order valence-electron chi connectivity index (χ2n) is 7.99. The van der Waals surface area contributed by atoms with Crippen LogP contribution in [-0.2, 0) is 15.1 Å². The Hall–Kier alpha value is -2.49. The number of carbonyl (C=O) groups excluding carboxylic acids is 2. The first kappa shape index (κ1) is 20.4. The zero-order valence-electron chi connectivity index (χ0n) is 17.0. The number of anilines is 1. The summed E-state index contributed by atoms with van der Waals surface area (Å²) in [6.07, 6.45) is 3.15. The number of carbonyl (C=O) groups is 2. The lowest BCUT2D eigenvalue weighted by molar-refractivity contribution is -0.138. The smallest absolute Gasteiger partial charge is 0.254 e. The van der Waals surface area contributed by atoms with E-state index < -0.39 is 22.0 Å². The van der Waals surface area contributed by atoms with Gasteiger partial charge in [-0.05, 0) is 37.4 Å². The van der Waals surface area contributed by atoms with E-state index in [4.69, 9.17) is 16.6 Å². The third-order valence-corrected chi connectivity index (χ3v) is 8.55. The van der Waals surface area contributed by atoms with E-state index in [9.17, 15) is 14.0 Å². The average molecular weight is 458 g/mol. The first-order chi connectivity index (χ1) is 14.8. The molecule has 4 heterocycles. The lowest BCUT2D eigenvalue weighted by Gasteiger charge is -2.41. The maximum atomic E-state index is 14.5. The molecule has 160 valence electrons. The second-order valence-corrected chi connectivity index (χ2v) is 9.87. The predicted molar refractivity (Wildman–Crippen MR) is 120 cm³/mol. The summed E-state index contributed by atoms with van der Waals surface area (Å²) < 4.78 is 19.3. The number of hydrogen-bond donors (Lipinski definition) is 0. The van der Waals surface area contributed by atoms with Crippen molar-refractivity contribution in [2.45, 2.75) is 16.2 Å². The highest BCUT2D eigenvalue weighted by Gasteiger charge is 2.79. The van der Waals surface area contributed by atoms with E-state index in [0.717, 1.165) is 0 Å². The van der Waals surface area contributed by atoms with E-state index in [1.54, 1.807) is 38.6 Å². The summed E-state index contributed by atoms with van der Waals surface area (Å²) in [5, 5.41) is 0. The Morgan fingerprint density at radius 1 is 1.32 bits per heavy atom. The molecule has 6 nitrogen and oxygen atoms in total. The van der Waals surface area contributed by atoms with Gasteiger partial charge in [-0.15, -0.1) is 6.58 Å². The van der Waals surface area contributed by atoms with Gasteiger partial charge in [0.15, 0.2) is 5.54 Å². The van der Waals surface area contributed by atoms with Crippen molar-refractivity contribution >= 4 is 45.8 Å². The second kappa shape index (κ2) is 6.75. The van der Waals surface area contributed by atoms with Gasteiger partial charge in [0.1, 0.15) is 20.6 Å². The Morgan fingerprint density at radius 3 is 2.77 bits per heavy atom. The standard InChI is InChI=1S/C22H20FN3O3S2/c1-4-9-26-19(28)22(31-20(26)30)15(17-6-5-10-29-17)12-24(2)21(22)14-11-13(23)7-8-16(14)25(3)18(21)27/h4-8,10-11,15H,1,9,12H2,2-3H3/t15-,21+,22-/m0/s1. The Kier molecular flexibility index (Phi) is 4.45. The third kappa shape index (κ3) is 2.29. The van der Waals surface area contributed by atoms with Gasteiger partial charge in [-0.25, -0.2) is 4.39 Å². The van der Waals surface area contributed by atoms with Crippen molar-refractivity contribution in [2.24, 2.45) is 0 Å². The summed E-state index contributed by atoms with van der Waals surface area (Å²) >= 11 is 6.80. The summed E-state index contributed by atoms with van der Waals surface area (Å²) in [4.78, 5) is 33.0. The molecule has 3 aliphatic rings. The van der Waals surface area contributed by atoms with Crippen LogP contribution in [0.3, 0.4) is 0 Å². The topological polar surface area (TPSA) is 57.0 Å². The van der Waals surface area contributed by atoms with Crippen LogP contribution in [0.1, 0.15) is 17.2 Å². The van der Waals surface area contributed by atoms with Crippen LogP contribution in [0.2, 0.25) is 0 Å². The number of thioether (sulfide) groups is 1. The highest BCUT2D eigenvalue weighted by Crippen LogP contribution is 2.66. The Labute approximate surface area is 188 Å². The highest BCUT2D eigenvalue weighted by atomic mass is 32.2. The van der Waals surface area contributed by atoms with E-state index >= 15 is 0 Å². The zero-order valence-corrected chi connectivity index (χ0v) is 18.6. The van der Waals surface area contributed by atoms with Crippen molar-refractivity contribution in [3.8, 4) is 0 Å².